The van der Waals surface area contributed by atoms with Gasteiger partial charge < -0.3 is 9.47 Å². The van der Waals surface area contributed by atoms with E-state index in [0.29, 0.717) is 24.5 Å². The molecule has 1 aliphatic heterocycles. The lowest BCUT2D eigenvalue weighted by Gasteiger charge is -2.28. The van der Waals surface area contributed by atoms with Crippen LogP contribution in [0.15, 0.2) is 42.5 Å². The van der Waals surface area contributed by atoms with E-state index in [-0.39, 0.29) is 11.7 Å². The lowest BCUT2D eigenvalue weighted by molar-refractivity contribution is 0.0948. The van der Waals surface area contributed by atoms with Gasteiger partial charge in [0.2, 0.25) is 0 Å². The van der Waals surface area contributed by atoms with Crippen LogP contribution in [0.4, 0.5) is 0 Å². The average molecular weight is 280 g/mol. The molecular formula is C18H16O3. The maximum atomic E-state index is 12.7. The molecule has 106 valence electrons. The Morgan fingerprint density at radius 3 is 2.67 bits per heavy atom. The Bertz CT molecular complexity index is 705. The summed E-state index contributed by atoms with van der Waals surface area (Å²) in [6.45, 7) is 1.30. The van der Waals surface area contributed by atoms with Crippen molar-refractivity contribution in [1.29, 1.82) is 0 Å². The summed E-state index contributed by atoms with van der Waals surface area (Å²) >= 11 is 0. The summed E-state index contributed by atoms with van der Waals surface area (Å²) in [7, 11) is 0. The van der Waals surface area contributed by atoms with Gasteiger partial charge in [-0.15, -0.1) is 0 Å². The number of fused-ring (bicyclic) bond motifs is 2. The van der Waals surface area contributed by atoms with E-state index in [4.69, 9.17) is 9.47 Å². The van der Waals surface area contributed by atoms with Gasteiger partial charge in [0.05, 0.1) is 19.1 Å². The fourth-order valence-corrected chi connectivity index (χ4v) is 3.01. The third-order valence-electron chi connectivity index (χ3n) is 4.20. The summed E-state index contributed by atoms with van der Waals surface area (Å²) in [5, 5.41) is 0. The first-order valence-corrected chi connectivity index (χ1v) is 7.34. The van der Waals surface area contributed by atoms with Crippen LogP contribution in [0.5, 0.6) is 11.5 Å². The number of Topliss-reactive ketones (excluding diaryl/α,β-unsaturated/α-hetero) is 1. The molecular weight excluding hydrogens is 264 g/mol. The Labute approximate surface area is 123 Å². The zero-order valence-corrected chi connectivity index (χ0v) is 11.7. The molecule has 0 saturated heterocycles. The molecule has 0 aromatic heterocycles. The molecule has 3 nitrogen and oxygen atoms in total. The van der Waals surface area contributed by atoms with Crippen LogP contribution in [0.1, 0.15) is 33.8 Å². The highest BCUT2D eigenvalue weighted by atomic mass is 16.5. The lowest BCUT2D eigenvalue weighted by atomic mass is 9.74. The smallest absolute Gasteiger partial charge is 0.170 e. The standard InChI is InChI=1S/C18H16O3/c19-18(15-10-12-4-1-2-5-14(12)15)13-6-7-16-17(11-13)21-9-3-8-20-16/h1-2,4-7,11,15H,3,8-10H2. The van der Waals surface area contributed by atoms with Gasteiger partial charge in [-0.3, -0.25) is 4.79 Å². The topological polar surface area (TPSA) is 35.5 Å². The van der Waals surface area contributed by atoms with Gasteiger partial charge in [-0.05, 0) is 35.7 Å². The second-order valence-electron chi connectivity index (χ2n) is 5.53. The van der Waals surface area contributed by atoms with Crippen LogP contribution in [-0.4, -0.2) is 19.0 Å². The second-order valence-corrected chi connectivity index (χ2v) is 5.53. The number of carbonyl (C=O) groups is 1. The molecule has 0 spiro atoms. The number of rotatable bonds is 2. The summed E-state index contributed by atoms with van der Waals surface area (Å²) in [6, 6.07) is 13.7. The SMILES string of the molecule is O=C(c1ccc2c(c1)OCCCO2)C1Cc2ccccc21. The zero-order chi connectivity index (χ0) is 14.2. The Balaban J connectivity index is 1.63. The first-order valence-electron chi connectivity index (χ1n) is 7.34. The number of hydrogen-bond acceptors (Lipinski definition) is 3. The van der Waals surface area contributed by atoms with Crippen molar-refractivity contribution in [1.82, 2.24) is 0 Å². The Morgan fingerprint density at radius 2 is 1.81 bits per heavy atom. The Hall–Kier alpha value is -2.29. The van der Waals surface area contributed by atoms with Crippen molar-refractivity contribution < 1.29 is 14.3 Å². The van der Waals surface area contributed by atoms with E-state index in [9.17, 15) is 4.79 Å². The van der Waals surface area contributed by atoms with E-state index in [2.05, 4.69) is 6.07 Å². The first-order chi connectivity index (χ1) is 10.3. The molecule has 2 aromatic carbocycles. The van der Waals surface area contributed by atoms with Gasteiger partial charge in [0, 0.05) is 12.0 Å². The average Bonchev–Trinajstić information content (AvgIpc) is 2.72. The molecule has 1 unspecified atom stereocenters. The van der Waals surface area contributed by atoms with Crippen molar-refractivity contribution in [2.75, 3.05) is 13.2 Å². The third-order valence-corrected chi connectivity index (χ3v) is 4.20. The third kappa shape index (κ3) is 2.09. The molecule has 0 N–H and O–H groups in total. The Morgan fingerprint density at radius 1 is 1.00 bits per heavy atom. The van der Waals surface area contributed by atoms with Crippen LogP contribution in [0, 0.1) is 0 Å². The van der Waals surface area contributed by atoms with Crippen molar-refractivity contribution in [2.45, 2.75) is 18.8 Å². The number of ether oxygens (including phenoxy) is 2. The van der Waals surface area contributed by atoms with Crippen LogP contribution in [0.3, 0.4) is 0 Å². The van der Waals surface area contributed by atoms with Crippen LogP contribution < -0.4 is 9.47 Å². The first kappa shape index (κ1) is 12.5. The van der Waals surface area contributed by atoms with E-state index >= 15 is 0 Å². The number of ketones is 1. The number of benzene rings is 2. The molecule has 1 atom stereocenters. The monoisotopic (exact) mass is 280 g/mol. The van der Waals surface area contributed by atoms with Crippen LogP contribution in [-0.2, 0) is 6.42 Å². The largest absolute Gasteiger partial charge is 0.490 e. The highest BCUT2D eigenvalue weighted by Gasteiger charge is 2.32. The summed E-state index contributed by atoms with van der Waals surface area (Å²) in [5.74, 6) is 1.58. The summed E-state index contributed by atoms with van der Waals surface area (Å²) in [4.78, 5) is 12.7. The number of hydrogen-bond donors (Lipinski definition) is 0. The van der Waals surface area contributed by atoms with Crippen LogP contribution in [0.25, 0.3) is 0 Å². The highest BCUT2D eigenvalue weighted by molar-refractivity contribution is 6.03. The molecule has 4 rings (SSSR count). The minimum absolute atomic E-state index is 0.00838. The predicted molar refractivity (Wildman–Crippen MR) is 79.3 cm³/mol. The molecule has 0 radical (unpaired) electrons. The Kier molecular flexibility index (Phi) is 2.92. The van der Waals surface area contributed by atoms with Gasteiger partial charge in [0.1, 0.15) is 0 Å². The van der Waals surface area contributed by atoms with Gasteiger partial charge in [0.15, 0.2) is 17.3 Å². The molecule has 0 bridgehead atoms. The molecule has 2 aromatic rings. The molecule has 0 saturated carbocycles. The lowest BCUT2D eigenvalue weighted by Crippen LogP contribution is -2.25. The highest BCUT2D eigenvalue weighted by Crippen LogP contribution is 2.39. The van der Waals surface area contributed by atoms with Gasteiger partial charge in [-0.1, -0.05) is 24.3 Å². The fraction of sp³-hybridized carbons (Fsp3) is 0.278. The maximum absolute atomic E-state index is 12.7. The molecule has 2 aliphatic rings. The van der Waals surface area contributed by atoms with Crippen molar-refractivity contribution in [2.24, 2.45) is 0 Å². The maximum Gasteiger partial charge on any atom is 0.170 e. The summed E-state index contributed by atoms with van der Waals surface area (Å²) in [6.07, 6.45) is 1.71. The van der Waals surface area contributed by atoms with E-state index < -0.39 is 0 Å². The molecule has 21 heavy (non-hydrogen) atoms. The number of carbonyl (C=O) groups excluding carboxylic acids is 1. The minimum atomic E-state index is -0.00838. The van der Waals surface area contributed by atoms with Gasteiger partial charge in [0.25, 0.3) is 0 Å². The zero-order valence-electron chi connectivity index (χ0n) is 11.7. The fourth-order valence-electron chi connectivity index (χ4n) is 3.01. The molecule has 1 heterocycles. The van der Waals surface area contributed by atoms with E-state index in [1.807, 2.05) is 36.4 Å². The normalized spacial score (nSPS) is 19.1. The predicted octanol–water partition coefficient (Wildman–Crippen LogP) is 3.37. The molecule has 0 fully saturated rings. The van der Waals surface area contributed by atoms with Gasteiger partial charge in [-0.2, -0.15) is 0 Å². The summed E-state index contributed by atoms with van der Waals surface area (Å²) in [5.41, 5.74) is 3.15. The molecule has 3 heteroatoms. The van der Waals surface area contributed by atoms with Crippen molar-refractivity contribution in [3.8, 4) is 11.5 Å². The second kappa shape index (κ2) is 4.92. The van der Waals surface area contributed by atoms with E-state index in [1.54, 1.807) is 0 Å². The minimum Gasteiger partial charge on any atom is -0.490 e. The van der Waals surface area contributed by atoms with Crippen molar-refractivity contribution in [3.05, 3.63) is 59.2 Å². The van der Waals surface area contributed by atoms with Gasteiger partial charge in [-0.25, -0.2) is 0 Å². The quantitative estimate of drug-likeness (QED) is 0.791. The van der Waals surface area contributed by atoms with E-state index in [1.165, 1.54) is 5.56 Å². The molecule has 1 aliphatic carbocycles. The van der Waals surface area contributed by atoms with Gasteiger partial charge >= 0.3 is 0 Å². The van der Waals surface area contributed by atoms with Crippen LogP contribution in [0.2, 0.25) is 0 Å². The molecule has 0 amide bonds. The van der Waals surface area contributed by atoms with E-state index in [0.717, 1.165) is 24.2 Å². The van der Waals surface area contributed by atoms with Crippen molar-refractivity contribution >= 4 is 5.78 Å². The summed E-state index contributed by atoms with van der Waals surface area (Å²) < 4.78 is 11.3. The van der Waals surface area contributed by atoms with Crippen molar-refractivity contribution in [3.63, 3.8) is 0 Å². The van der Waals surface area contributed by atoms with Crippen LogP contribution >= 0.6 is 0 Å².